The van der Waals surface area contributed by atoms with Crippen molar-refractivity contribution in [3.63, 3.8) is 0 Å². The molecule has 0 radical (unpaired) electrons. The van der Waals surface area contributed by atoms with Crippen molar-refractivity contribution in [1.29, 1.82) is 0 Å². The Hall–Kier alpha value is -2.53. The third-order valence-corrected chi connectivity index (χ3v) is 20.7. The van der Waals surface area contributed by atoms with E-state index in [1.165, 1.54) is 238 Å². The minimum Gasteiger partial charge on any atom is -0.477 e. The second-order valence-corrected chi connectivity index (χ2v) is 29.6. The van der Waals surface area contributed by atoms with Crippen molar-refractivity contribution in [3.8, 4) is 0 Å². The van der Waals surface area contributed by atoms with Crippen molar-refractivity contribution in [2.75, 3.05) is 26.4 Å². The van der Waals surface area contributed by atoms with Crippen LogP contribution in [0.2, 0.25) is 0 Å². The van der Waals surface area contributed by atoms with Crippen LogP contribution in [0.1, 0.15) is 329 Å². The largest absolute Gasteiger partial charge is 0.477 e. The molecule has 0 saturated carbocycles. The smallest absolute Gasteiger partial charge is 0.364 e. The van der Waals surface area contributed by atoms with Crippen LogP contribution < -0.4 is 10.6 Å². The summed E-state index contributed by atoms with van der Waals surface area (Å²) in [5, 5.41) is 136. The molecular weight excluding hydrogens is 1300 g/mol. The lowest BCUT2D eigenvalue weighted by molar-refractivity contribution is -0.386. The van der Waals surface area contributed by atoms with Crippen LogP contribution >= 0.6 is 0 Å². The molecule has 18 unspecified atom stereocenters. The molecule has 3 rings (SSSR count). The maximum Gasteiger partial charge on any atom is 0.364 e. The standard InChI is InChI=1S/C78H146N2O21/c1-4-6-8-10-12-14-16-18-20-21-22-23-24-25-26-27-28-29-30-31-32-33-34-35-36-38-40-42-44-46-48-50-52-65(88)80-59(60(85)51-49-47-45-43-41-39-37-19-17-15-13-11-9-7-5-2)57-96-75-70(92)69(91)72(64(56-83)98-75)99-76-71(93)74(68(90)63(55-82)97-76)101-78(77(94)95)53-61(86)66(79-58(3)84)73(100-78)67(89)62(87)54-81/h49,51,59-64,66-76,81-83,85-87,89-93H,4-48,50,52-57H2,1-3H3,(H,79,84)(H,80,88)(H,94,95)/b51-49+. The molecule has 3 aliphatic rings. The highest BCUT2D eigenvalue weighted by molar-refractivity contribution is 5.77. The van der Waals surface area contributed by atoms with Gasteiger partial charge in [0.2, 0.25) is 11.8 Å². The topological polar surface area (TPSA) is 373 Å². The van der Waals surface area contributed by atoms with Crippen molar-refractivity contribution >= 4 is 17.8 Å². The van der Waals surface area contributed by atoms with Crippen LogP contribution in [0, 0.1) is 0 Å². The monoisotopic (exact) mass is 1450 g/mol. The number of carbonyl (C=O) groups excluding carboxylic acids is 2. The fourth-order valence-electron chi connectivity index (χ4n) is 14.3. The van der Waals surface area contributed by atoms with E-state index in [4.69, 9.17) is 28.4 Å². The number of unbranched alkanes of at least 4 members (excludes halogenated alkanes) is 44. The minimum absolute atomic E-state index is 0.206. The predicted octanol–water partition coefficient (Wildman–Crippen LogP) is 10.6. The Bertz CT molecular complexity index is 2070. The van der Waals surface area contributed by atoms with E-state index in [2.05, 4.69) is 24.5 Å². The zero-order valence-electron chi connectivity index (χ0n) is 62.8. The highest BCUT2D eigenvalue weighted by Crippen LogP contribution is 2.39. The maximum atomic E-state index is 13.5. The van der Waals surface area contributed by atoms with Gasteiger partial charge in [-0.2, -0.15) is 0 Å². The van der Waals surface area contributed by atoms with Gasteiger partial charge in [0.15, 0.2) is 12.6 Å². The van der Waals surface area contributed by atoms with Crippen molar-refractivity contribution in [2.45, 2.75) is 439 Å². The van der Waals surface area contributed by atoms with Crippen LogP contribution in [-0.2, 0) is 42.8 Å². The second kappa shape index (κ2) is 57.6. The highest BCUT2D eigenvalue weighted by Gasteiger charge is 2.60. The molecule has 0 aromatic carbocycles. The second-order valence-electron chi connectivity index (χ2n) is 29.6. The van der Waals surface area contributed by atoms with Crippen LogP contribution in [0.25, 0.3) is 0 Å². The van der Waals surface area contributed by atoms with Gasteiger partial charge >= 0.3 is 5.97 Å². The molecule has 3 saturated heterocycles. The summed E-state index contributed by atoms with van der Waals surface area (Å²) in [7, 11) is 0. The quantitative estimate of drug-likeness (QED) is 0.0199. The minimum atomic E-state index is -3.08. The lowest BCUT2D eigenvalue weighted by atomic mass is 9.88. The number of nitrogens with one attached hydrogen (secondary N) is 2. The molecule has 3 heterocycles. The molecule has 101 heavy (non-hydrogen) atoms. The first-order valence-corrected chi connectivity index (χ1v) is 40.6. The van der Waals surface area contributed by atoms with E-state index in [-0.39, 0.29) is 12.3 Å². The summed E-state index contributed by atoms with van der Waals surface area (Å²) in [4.78, 5) is 38.6. The molecule has 3 fully saturated rings. The Labute approximate surface area is 607 Å². The average Bonchev–Trinajstić information content (AvgIpc) is 0.756. The van der Waals surface area contributed by atoms with Crippen molar-refractivity contribution in [1.82, 2.24) is 10.6 Å². The summed E-state index contributed by atoms with van der Waals surface area (Å²) in [5.74, 6) is -6.13. The number of hydrogen-bond donors (Lipinski definition) is 14. The SMILES string of the molecule is CCCCCCCCCCCCCCC/C=C/C(O)C(COC1OC(CO)C(OC2OC(CO)C(O)C(OC3(C(=O)O)CC(O)C(NC(C)=O)C(C(O)C(O)CO)O3)C2O)C(O)C1O)NC(=O)CCCCCCCCCCCCCCCCCCCCCCCCCCCCCCCCCC. The first-order valence-electron chi connectivity index (χ1n) is 40.6. The number of amides is 2. The zero-order chi connectivity index (χ0) is 73.9. The van der Waals surface area contributed by atoms with Gasteiger partial charge in [-0.1, -0.05) is 302 Å². The molecule has 0 aromatic rings. The fraction of sp³-hybridized carbons (Fsp3) is 0.936. The van der Waals surface area contributed by atoms with Gasteiger partial charge in [0, 0.05) is 19.8 Å². The van der Waals surface area contributed by atoms with Crippen molar-refractivity contribution < 1.29 is 104 Å². The van der Waals surface area contributed by atoms with Crippen LogP contribution in [-0.4, -0.2) is 215 Å². The van der Waals surface area contributed by atoms with Gasteiger partial charge < -0.3 is 100 Å². The Balaban J connectivity index is 1.46. The fourth-order valence-corrected chi connectivity index (χ4v) is 14.3. The van der Waals surface area contributed by atoms with Crippen LogP contribution in [0.15, 0.2) is 12.2 Å². The summed E-state index contributed by atoms with van der Waals surface area (Å²) in [6.07, 6.45) is 32.7. The Morgan fingerprint density at radius 3 is 1.32 bits per heavy atom. The van der Waals surface area contributed by atoms with E-state index in [0.717, 1.165) is 51.9 Å². The van der Waals surface area contributed by atoms with Gasteiger partial charge in [-0.25, -0.2) is 4.79 Å². The third-order valence-electron chi connectivity index (χ3n) is 20.7. The van der Waals surface area contributed by atoms with Crippen molar-refractivity contribution in [2.24, 2.45) is 0 Å². The number of allylic oxidation sites excluding steroid dienone is 1. The van der Waals surface area contributed by atoms with Gasteiger partial charge in [-0.3, -0.25) is 9.59 Å². The lowest BCUT2D eigenvalue weighted by Crippen LogP contribution is -2.70. The number of ether oxygens (including phenoxy) is 6. The number of aliphatic carboxylic acids is 1. The average molecular weight is 1450 g/mol. The van der Waals surface area contributed by atoms with E-state index in [1.807, 2.05) is 6.08 Å². The van der Waals surface area contributed by atoms with E-state index < -0.39 is 155 Å². The summed E-state index contributed by atoms with van der Waals surface area (Å²) in [5.41, 5.74) is 0. The molecule has 0 aromatic heterocycles. The molecule has 23 nitrogen and oxygen atoms in total. The molecule has 3 aliphatic heterocycles. The number of carboxylic acids is 1. The first kappa shape index (κ1) is 92.7. The van der Waals surface area contributed by atoms with Gasteiger partial charge in [0.1, 0.15) is 67.1 Å². The van der Waals surface area contributed by atoms with Gasteiger partial charge in [-0.15, -0.1) is 0 Å². The summed E-state index contributed by atoms with van der Waals surface area (Å²) < 4.78 is 34.9. The Morgan fingerprint density at radius 2 is 0.921 bits per heavy atom. The number of hydrogen-bond acceptors (Lipinski definition) is 20. The first-order chi connectivity index (χ1) is 48.9. The van der Waals surface area contributed by atoms with Gasteiger partial charge in [-0.05, 0) is 19.3 Å². The number of aliphatic hydroxyl groups is 11. The lowest BCUT2D eigenvalue weighted by Gasteiger charge is -2.50. The molecule has 0 bridgehead atoms. The zero-order valence-corrected chi connectivity index (χ0v) is 62.8. The summed E-state index contributed by atoms with van der Waals surface area (Å²) >= 11 is 0. The molecule has 14 N–H and O–H groups in total. The summed E-state index contributed by atoms with van der Waals surface area (Å²) in [6.45, 7) is 2.18. The van der Waals surface area contributed by atoms with E-state index >= 15 is 0 Å². The molecule has 18 atom stereocenters. The van der Waals surface area contributed by atoms with Crippen LogP contribution in [0.5, 0.6) is 0 Å². The van der Waals surface area contributed by atoms with E-state index in [9.17, 15) is 75.7 Å². The molecule has 2 amide bonds. The summed E-state index contributed by atoms with van der Waals surface area (Å²) in [6, 6.07) is -2.61. The molecule has 594 valence electrons. The molecule has 0 spiro atoms. The van der Waals surface area contributed by atoms with E-state index in [0.29, 0.717) is 12.8 Å². The highest BCUT2D eigenvalue weighted by atomic mass is 16.8. The maximum absolute atomic E-state index is 13.5. The Morgan fingerprint density at radius 1 is 0.515 bits per heavy atom. The Kier molecular flexibility index (Phi) is 52.9. The molecular formula is C78H146N2O21. The van der Waals surface area contributed by atoms with Gasteiger partial charge in [0.05, 0.1) is 50.7 Å². The van der Waals surface area contributed by atoms with Crippen LogP contribution in [0.4, 0.5) is 0 Å². The number of rotatable bonds is 64. The molecule has 0 aliphatic carbocycles. The van der Waals surface area contributed by atoms with Gasteiger partial charge in [0.25, 0.3) is 5.79 Å². The third kappa shape index (κ3) is 38.2. The number of aliphatic hydroxyl groups excluding tert-OH is 11. The van der Waals surface area contributed by atoms with Crippen LogP contribution in [0.3, 0.4) is 0 Å². The van der Waals surface area contributed by atoms with E-state index in [1.54, 1.807) is 6.08 Å². The molecule has 23 heteroatoms. The predicted molar refractivity (Wildman–Crippen MR) is 389 cm³/mol. The number of carboxylic acid groups (broad SMARTS) is 1. The normalized spacial score (nSPS) is 26.8. The van der Waals surface area contributed by atoms with Crippen molar-refractivity contribution in [3.05, 3.63) is 12.2 Å². The number of carbonyl (C=O) groups is 3.